The summed E-state index contributed by atoms with van der Waals surface area (Å²) in [5.41, 5.74) is 2.61. The molecule has 5 aliphatic rings. The molecule has 10 rings (SSSR count). The van der Waals surface area contributed by atoms with Crippen LogP contribution in [0.3, 0.4) is 0 Å². The number of benzene rings is 3. The van der Waals surface area contributed by atoms with Gasteiger partial charge in [-0.15, -0.1) is 0 Å². The largest absolute Gasteiger partial charge is 0.444 e. The Morgan fingerprint density at radius 3 is 2.23 bits per heavy atom. The minimum absolute atomic E-state index is 0.00914. The van der Waals surface area contributed by atoms with Crippen LogP contribution >= 0.6 is 0 Å². The van der Waals surface area contributed by atoms with Gasteiger partial charge in [0.15, 0.2) is 5.69 Å². The van der Waals surface area contributed by atoms with E-state index in [1.54, 1.807) is 67.1 Å². The third kappa shape index (κ3) is 10.9. The summed E-state index contributed by atoms with van der Waals surface area (Å²) in [7, 11) is 0. The van der Waals surface area contributed by atoms with Crippen LogP contribution in [0.4, 0.5) is 14.9 Å². The van der Waals surface area contributed by atoms with Gasteiger partial charge in [0.1, 0.15) is 11.4 Å². The molecule has 70 heavy (non-hydrogen) atoms. The molecule has 17 heteroatoms. The second-order valence-corrected chi connectivity index (χ2v) is 20.3. The number of anilines is 1. The maximum atomic E-state index is 15.1. The Kier molecular flexibility index (Phi) is 13.9. The van der Waals surface area contributed by atoms with E-state index < -0.39 is 29.0 Å². The van der Waals surface area contributed by atoms with Crippen molar-refractivity contribution in [3.8, 4) is 11.1 Å². The summed E-state index contributed by atoms with van der Waals surface area (Å²) in [6, 6.07) is 21.5. The van der Waals surface area contributed by atoms with Gasteiger partial charge in [0.2, 0.25) is 5.91 Å². The molecule has 6 heterocycles. The number of hydrogen-bond donors (Lipinski definition) is 3. The zero-order chi connectivity index (χ0) is 49.2. The Labute approximate surface area is 406 Å². The van der Waals surface area contributed by atoms with Gasteiger partial charge in [-0.1, -0.05) is 55.5 Å². The molecule has 5 aromatic rings. The van der Waals surface area contributed by atoms with Crippen molar-refractivity contribution in [3.63, 3.8) is 0 Å². The number of carbonyl (C=O) groups excluding carboxylic acids is 4. The van der Waals surface area contributed by atoms with Crippen LogP contribution in [0.2, 0.25) is 0 Å². The molecule has 0 atom stereocenters. The van der Waals surface area contributed by atoms with Crippen LogP contribution < -0.4 is 16.2 Å². The lowest BCUT2D eigenvalue weighted by Gasteiger charge is -2.54. The third-order valence-electron chi connectivity index (χ3n) is 14.2. The number of piperazine rings is 2. The lowest BCUT2D eigenvalue weighted by Crippen LogP contribution is -2.66. The number of H-pyrrole nitrogens is 1. The van der Waals surface area contributed by atoms with E-state index >= 15 is 4.39 Å². The molecule has 1 saturated carbocycles. The van der Waals surface area contributed by atoms with Crippen molar-refractivity contribution < 1.29 is 33.0 Å². The maximum absolute atomic E-state index is 15.1. The summed E-state index contributed by atoms with van der Waals surface area (Å²) in [6.45, 7) is 13.2. The number of aryl methyl sites for hydroxylation is 1. The van der Waals surface area contributed by atoms with Crippen LogP contribution in [0, 0.1) is 5.82 Å². The number of fused-ring (bicyclic) bond motifs is 4. The lowest BCUT2D eigenvalue weighted by molar-refractivity contribution is -0.170. The highest BCUT2D eigenvalue weighted by atomic mass is 19.1. The Bertz CT molecular complexity index is 2820. The average molecular weight is 956 g/mol. The predicted octanol–water partition coefficient (Wildman–Crippen LogP) is 6.04. The normalized spacial score (nSPS) is 20.9. The van der Waals surface area contributed by atoms with Crippen LogP contribution in [0.15, 0.2) is 83.8 Å². The van der Waals surface area contributed by atoms with E-state index in [9.17, 15) is 24.0 Å². The van der Waals surface area contributed by atoms with E-state index in [0.717, 1.165) is 81.5 Å². The summed E-state index contributed by atoms with van der Waals surface area (Å²) in [4.78, 5) is 79.0. The first-order valence-electron chi connectivity index (χ1n) is 24.4. The van der Waals surface area contributed by atoms with E-state index in [-0.39, 0.29) is 46.5 Å². The first-order chi connectivity index (χ1) is 33.6. The minimum Gasteiger partial charge on any atom is -0.444 e. The van der Waals surface area contributed by atoms with Crippen molar-refractivity contribution in [2.45, 2.75) is 83.0 Å². The Balaban J connectivity index is 0.735. The SMILES string of the molecule is CCc1cccc(-c2cnc(C(=O)NC34CCC(CN5CCN(CC(=O)N6CCN(C(=O)c7cc(Cc8n[nH]c(=O)c9ccccc89)ccc7F)CC6)CC5)(CC3)OC4)c(NC(=O)OC(C)(C)C)c2)c1. The Morgan fingerprint density at radius 2 is 1.53 bits per heavy atom. The highest BCUT2D eigenvalue weighted by molar-refractivity contribution is 6.02. The van der Waals surface area contributed by atoms with Gasteiger partial charge in [0.05, 0.1) is 46.6 Å². The summed E-state index contributed by atoms with van der Waals surface area (Å²) < 4.78 is 27.3. The number of pyridine rings is 1. The first-order valence-corrected chi connectivity index (χ1v) is 24.4. The second-order valence-electron chi connectivity index (χ2n) is 20.3. The quantitative estimate of drug-likeness (QED) is 0.133. The smallest absolute Gasteiger partial charge is 0.412 e. The average Bonchev–Trinajstić information content (AvgIpc) is 3.36. The van der Waals surface area contributed by atoms with Gasteiger partial charge in [0, 0.05) is 82.5 Å². The zero-order valence-corrected chi connectivity index (χ0v) is 40.4. The summed E-state index contributed by atoms with van der Waals surface area (Å²) in [5.74, 6) is -1.41. The molecule has 0 unspecified atom stereocenters. The highest BCUT2D eigenvalue weighted by Gasteiger charge is 2.51. The lowest BCUT2D eigenvalue weighted by atomic mass is 9.70. The Morgan fingerprint density at radius 1 is 0.814 bits per heavy atom. The van der Waals surface area contributed by atoms with Crippen molar-refractivity contribution in [1.29, 1.82) is 0 Å². The van der Waals surface area contributed by atoms with Crippen molar-refractivity contribution in [2.24, 2.45) is 0 Å². The highest BCUT2D eigenvalue weighted by Crippen LogP contribution is 2.44. The molecule has 1 aliphatic carbocycles. The van der Waals surface area contributed by atoms with Crippen LogP contribution in [-0.2, 0) is 27.1 Å². The molecule has 4 amide bonds. The number of amides is 4. The molecule has 4 saturated heterocycles. The molecular formula is C53H62FN9O7. The van der Waals surface area contributed by atoms with E-state index in [1.165, 1.54) is 6.07 Å². The van der Waals surface area contributed by atoms with Gasteiger partial charge in [-0.25, -0.2) is 19.3 Å². The molecule has 0 radical (unpaired) electrons. The number of rotatable bonds is 12. The van der Waals surface area contributed by atoms with Gasteiger partial charge in [-0.3, -0.25) is 34.3 Å². The molecular weight excluding hydrogens is 894 g/mol. The number of aromatic nitrogens is 3. The van der Waals surface area contributed by atoms with Crippen LogP contribution in [0.25, 0.3) is 21.9 Å². The Hall–Kier alpha value is -6.56. The predicted molar refractivity (Wildman–Crippen MR) is 263 cm³/mol. The summed E-state index contributed by atoms with van der Waals surface area (Å²) >= 11 is 0. The van der Waals surface area contributed by atoms with Crippen molar-refractivity contribution in [3.05, 3.63) is 123 Å². The maximum Gasteiger partial charge on any atom is 0.412 e. The van der Waals surface area contributed by atoms with Crippen molar-refractivity contribution in [2.75, 3.05) is 77.4 Å². The summed E-state index contributed by atoms with van der Waals surface area (Å²) in [5, 5.41) is 14.0. The fourth-order valence-electron chi connectivity index (χ4n) is 10.2. The van der Waals surface area contributed by atoms with Gasteiger partial charge in [-0.2, -0.15) is 5.10 Å². The van der Waals surface area contributed by atoms with Crippen LogP contribution in [0.1, 0.15) is 91.0 Å². The van der Waals surface area contributed by atoms with E-state index in [0.29, 0.717) is 61.2 Å². The number of ether oxygens (including phenoxy) is 2. The molecule has 0 spiro atoms. The first kappa shape index (κ1) is 48.5. The second kappa shape index (κ2) is 20.0. The number of hydrogen-bond acceptors (Lipinski definition) is 11. The van der Waals surface area contributed by atoms with Gasteiger partial charge < -0.3 is 24.6 Å². The van der Waals surface area contributed by atoms with E-state index in [1.807, 2.05) is 24.3 Å². The van der Waals surface area contributed by atoms with Crippen LogP contribution in [0.5, 0.6) is 0 Å². The van der Waals surface area contributed by atoms with Crippen molar-refractivity contribution >= 4 is 40.3 Å². The number of nitrogens with zero attached hydrogens (tertiary/aromatic N) is 6. The minimum atomic E-state index is -0.734. The molecule has 16 nitrogen and oxygen atoms in total. The molecule has 4 aliphatic heterocycles. The zero-order valence-electron chi connectivity index (χ0n) is 40.4. The van der Waals surface area contributed by atoms with E-state index in [4.69, 9.17) is 9.47 Å². The standard InChI is InChI=1S/C53H62FN9O7/c1-5-35-9-8-10-37(27-35)38-30-44(56-50(68)70-51(2,3)4)46(55-31-38)48(66)57-52-15-17-53(18-16-52,69-34-52)33-61-21-19-60(20-22-61)32-45(64)62-23-25-63(26-24-62)49(67)41-28-36(13-14-42(41)54)29-43-39-11-6-7-12-40(39)47(65)59-58-43/h6-14,27-28,30-31H,5,15-26,29,32-34H2,1-4H3,(H,56,68)(H,57,66)(H,59,65). The fourth-order valence-corrected chi connectivity index (χ4v) is 10.2. The number of aromatic amines is 1. The topological polar surface area (TPSA) is 182 Å². The van der Waals surface area contributed by atoms with Gasteiger partial charge in [-0.05, 0) is 93.8 Å². The molecule has 3 N–H and O–H groups in total. The molecule has 3 aromatic carbocycles. The van der Waals surface area contributed by atoms with E-state index in [2.05, 4.69) is 54.7 Å². The van der Waals surface area contributed by atoms with Gasteiger partial charge >= 0.3 is 6.09 Å². The summed E-state index contributed by atoms with van der Waals surface area (Å²) in [6.07, 6.45) is 5.23. The van der Waals surface area contributed by atoms with Gasteiger partial charge in [0.25, 0.3) is 17.4 Å². The van der Waals surface area contributed by atoms with Crippen LogP contribution in [-0.4, -0.2) is 147 Å². The number of carbonyl (C=O) groups is 4. The molecule has 5 fully saturated rings. The fraction of sp³-hybridized carbons (Fsp3) is 0.453. The molecule has 2 bridgehead atoms. The molecule has 368 valence electrons. The monoisotopic (exact) mass is 955 g/mol. The number of nitrogens with one attached hydrogen (secondary N) is 3. The number of halogens is 1. The third-order valence-corrected chi connectivity index (χ3v) is 14.2. The molecule has 2 aromatic heterocycles. The van der Waals surface area contributed by atoms with Crippen molar-refractivity contribution in [1.82, 2.24) is 40.1 Å².